The molecule has 1 aromatic rings. The standard InChI is InChI=1S/C9H3ClFN3O2/c10-8-5(11)6-4(2-13-8)7(15)3(1-12)9(16)14-6/h2-3H,(H,14,16). The second-order valence-corrected chi connectivity index (χ2v) is 3.43. The molecule has 1 amide bonds. The Morgan fingerprint density at radius 3 is 2.88 bits per heavy atom. The number of hydrogen-bond donors (Lipinski definition) is 1. The van der Waals surface area contributed by atoms with E-state index in [0.29, 0.717) is 0 Å². The first-order valence-corrected chi connectivity index (χ1v) is 4.52. The number of carbonyl (C=O) groups is 2. The van der Waals surface area contributed by atoms with E-state index in [1.54, 1.807) is 0 Å². The van der Waals surface area contributed by atoms with Crippen LogP contribution in [0.1, 0.15) is 10.4 Å². The summed E-state index contributed by atoms with van der Waals surface area (Å²) in [5.74, 6) is -4.07. The molecular weight excluding hydrogens is 237 g/mol. The summed E-state index contributed by atoms with van der Waals surface area (Å²) >= 11 is 5.40. The summed E-state index contributed by atoms with van der Waals surface area (Å²) in [7, 11) is 0. The lowest BCUT2D eigenvalue weighted by Crippen LogP contribution is -2.35. The fraction of sp³-hybridized carbons (Fsp3) is 0.111. The molecule has 2 heterocycles. The first-order chi connectivity index (χ1) is 7.56. The predicted molar refractivity (Wildman–Crippen MR) is 51.3 cm³/mol. The molecule has 16 heavy (non-hydrogen) atoms. The molecule has 0 spiro atoms. The SMILES string of the molecule is N#CC1C(=O)Nc2c(cnc(Cl)c2F)C1=O. The van der Waals surface area contributed by atoms with E-state index in [2.05, 4.69) is 10.3 Å². The highest BCUT2D eigenvalue weighted by Gasteiger charge is 2.36. The van der Waals surface area contributed by atoms with E-state index in [1.165, 1.54) is 6.07 Å². The molecule has 0 radical (unpaired) electrons. The van der Waals surface area contributed by atoms with Crippen molar-refractivity contribution in [3.63, 3.8) is 0 Å². The molecule has 1 aromatic heterocycles. The molecule has 0 fully saturated rings. The number of rotatable bonds is 0. The summed E-state index contributed by atoms with van der Waals surface area (Å²) in [5.41, 5.74) is -0.463. The molecule has 0 saturated carbocycles. The maximum Gasteiger partial charge on any atom is 0.249 e. The van der Waals surface area contributed by atoms with E-state index < -0.39 is 28.6 Å². The second kappa shape index (κ2) is 3.54. The van der Waals surface area contributed by atoms with Crippen LogP contribution < -0.4 is 5.32 Å². The lowest BCUT2D eigenvalue weighted by atomic mass is 9.94. The molecule has 80 valence electrons. The van der Waals surface area contributed by atoms with E-state index in [1.807, 2.05) is 0 Å². The predicted octanol–water partition coefficient (Wildman–Crippen LogP) is 1.15. The largest absolute Gasteiger partial charge is 0.321 e. The molecule has 1 atom stereocenters. The number of halogens is 2. The Morgan fingerprint density at radius 1 is 1.56 bits per heavy atom. The highest BCUT2D eigenvalue weighted by molar-refractivity contribution is 6.31. The first-order valence-electron chi connectivity index (χ1n) is 4.15. The Labute approximate surface area is 93.8 Å². The van der Waals surface area contributed by atoms with Gasteiger partial charge in [0, 0.05) is 6.20 Å². The smallest absolute Gasteiger partial charge is 0.249 e. The van der Waals surface area contributed by atoms with Crippen LogP contribution >= 0.6 is 11.6 Å². The Kier molecular flexibility index (Phi) is 2.33. The fourth-order valence-corrected chi connectivity index (χ4v) is 1.50. The Morgan fingerprint density at radius 2 is 2.25 bits per heavy atom. The number of nitrogens with one attached hydrogen (secondary N) is 1. The number of nitrogens with zero attached hydrogens (tertiary/aromatic N) is 2. The summed E-state index contributed by atoms with van der Waals surface area (Å²) in [6.45, 7) is 0. The summed E-state index contributed by atoms with van der Waals surface area (Å²) in [6, 6.07) is 1.53. The van der Waals surface area contributed by atoms with Crippen LogP contribution in [0.4, 0.5) is 10.1 Å². The Balaban J connectivity index is 2.65. The lowest BCUT2D eigenvalue weighted by molar-refractivity contribution is -0.117. The zero-order valence-electron chi connectivity index (χ0n) is 7.62. The van der Waals surface area contributed by atoms with E-state index >= 15 is 0 Å². The third-order valence-electron chi connectivity index (χ3n) is 2.14. The van der Waals surface area contributed by atoms with Crippen molar-refractivity contribution in [1.29, 1.82) is 5.26 Å². The number of amides is 1. The molecule has 1 aliphatic heterocycles. The maximum atomic E-state index is 13.4. The molecule has 5 nitrogen and oxygen atoms in total. The van der Waals surface area contributed by atoms with Gasteiger partial charge in [-0.2, -0.15) is 5.26 Å². The van der Waals surface area contributed by atoms with Crippen LogP contribution in [-0.4, -0.2) is 16.7 Å². The number of hydrogen-bond acceptors (Lipinski definition) is 4. The van der Waals surface area contributed by atoms with Gasteiger partial charge in [0.25, 0.3) is 0 Å². The van der Waals surface area contributed by atoms with Crippen LogP contribution in [0.5, 0.6) is 0 Å². The minimum absolute atomic E-state index is 0.145. The van der Waals surface area contributed by atoms with Crippen LogP contribution in [0, 0.1) is 23.1 Å². The molecule has 1 N–H and O–H groups in total. The average molecular weight is 240 g/mol. The van der Waals surface area contributed by atoms with Gasteiger partial charge in [-0.15, -0.1) is 0 Å². The van der Waals surface area contributed by atoms with Crippen molar-refractivity contribution in [3.05, 3.63) is 22.7 Å². The molecule has 1 unspecified atom stereocenters. The zero-order chi connectivity index (χ0) is 11.9. The number of fused-ring (bicyclic) bond motifs is 1. The third-order valence-corrected chi connectivity index (χ3v) is 2.41. The van der Waals surface area contributed by atoms with Crippen molar-refractivity contribution >= 4 is 29.0 Å². The third kappa shape index (κ3) is 1.33. The van der Waals surface area contributed by atoms with Crippen molar-refractivity contribution < 1.29 is 14.0 Å². The summed E-state index contributed by atoms with van der Waals surface area (Å²) in [5, 5.41) is 10.3. The molecule has 7 heteroatoms. The van der Waals surface area contributed by atoms with E-state index in [0.717, 1.165) is 6.20 Å². The Hall–Kier alpha value is -2.00. The number of aromatic nitrogens is 1. The van der Waals surface area contributed by atoms with Gasteiger partial charge in [-0.05, 0) is 0 Å². The van der Waals surface area contributed by atoms with E-state index in [-0.39, 0.29) is 11.3 Å². The monoisotopic (exact) mass is 239 g/mol. The maximum absolute atomic E-state index is 13.4. The molecule has 0 aromatic carbocycles. The Bertz CT molecular complexity index is 552. The van der Waals surface area contributed by atoms with Crippen LogP contribution in [-0.2, 0) is 4.79 Å². The number of nitriles is 1. The number of carbonyl (C=O) groups excluding carboxylic acids is 2. The normalized spacial score (nSPS) is 18.7. The van der Waals surface area contributed by atoms with Crippen LogP contribution in [0.15, 0.2) is 6.20 Å². The summed E-state index contributed by atoms with van der Waals surface area (Å²) in [4.78, 5) is 26.3. The molecule has 1 aliphatic rings. The van der Waals surface area contributed by atoms with Crippen molar-refractivity contribution in [2.24, 2.45) is 5.92 Å². The minimum atomic E-state index is -1.46. The minimum Gasteiger partial charge on any atom is -0.321 e. The number of ketones is 1. The topological polar surface area (TPSA) is 82.8 Å². The van der Waals surface area contributed by atoms with Gasteiger partial charge in [-0.1, -0.05) is 11.6 Å². The van der Waals surface area contributed by atoms with Crippen LogP contribution in [0.3, 0.4) is 0 Å². The van der Waals surface area contributed by atoms with Gasteiger partial charge in [0.05, 0.1) is 17.3 Å². The van der Waals surface area contributed by atoms with Crippen LogP contribution in [0.2, 0.25) is 5.15 Å². The van der Waals surface area contributed by atoms with E-state index in [4.69, 9.17) is 16.9 Å². The highest BCUT2D eigenvalue weighted by Crippen LogP contribution is 2.30. The van der Waals surface area contributed by atoms with Crippen LogP contribution in [0.25, 0.3) is 0 Å². The van der Waals surface area contributed by atoms with Crippen molar-refractivity contribution in [2.45, 2.75) is 0 Å². The number of anilines is 1. The molecule has 0 bridgehead atoms. The van der Waals surface area contributed by atoms with Gasteiger partial charge in [-0.3, -0.25) is 9.59 Å². The second-order valence-electron chi connectivity index (χ2n) is 3.07. The van der Waals surface area contributed by atoms with Gasteiger partial charge in [0.15, 0.2) is 22.7 Å². The van der Waals surface area contributed by atoms with Gasteiger partial charge in [0.2, 0.25) is 5.91 Å². The number of pyridine rings is 1. The van der Waals surface area contributed by atoms with Gasteiger partial charge in [0.1, 0.15) is 0 Å². The quantitative estimate of drug-likeness (QED) is 0.544. The molecule has 0 aliphatic carbocycles. The highest BCUT2D eigenvalue weighted by atomic mass is 35.5. The zero-order valence-corrected chi connectivity index (χ0v) is 8.38. The van der Waals surface area contributed by atoms with Crippen molar-refractivity contribution in [1.82, 2.24) is 4.98 Å². The van der Waals surface area contributed by atoms with E-state index in [9.17, 15) is 14.0 Å². The van der Waals surface area contributed by atoms with Gasteiger partial charge < -0.3 is 5.32 Å². The number of Topliss-reactive ketones (excluding diaryl/α,β-unsaturated/α-hetero) is 1. The van der Waals surface area contributed by atoms with Crippen molar-refractivity contribution in [3.8, 4) is 6.07 Å². The van der Waals surface area contributed by atoms with Gasteiger partial charge >= 0.3 is 0 Å². The van der Waals surface area contributed by atoms with Gasteiger partial charge in [-0.25, -0.2) is 9.37 Å². The average Bonchev–Trinajstić information content (AvgIpc) is 2.25. The summed E-state index contributed by atoms with van der Waals surface area (Å²) in [6.07, 6.45) is 1.03. The fourth-order valence-electron chi connectivity index (χ4n) is 1.36. The molecular formula is C9H3ClFN3O2. The van der Waals surface area contributed by atoms with Crippen molar-refractivity contribution in [2.75, 3.05) is 5.32 Å². The summed E-state index contributed by atoms with van der Waals surface area (Å²) < 4.78 is 13.4. The molecule has 2 rings (SSSR count). The molecule has 0 saturated heterocycles. The first kappa shape index (κ1) is 10.5. The lowest BCUT2D eigenvalue weighted by Gasteiger charge is -2.19.